The second-order valence-corrected chi connectivity index (χ2v) is 9.61. The largest absolute Gasteiger partial charge is 0.345 e. The van der Waals surface area contributed by atoms with Gasteiger partial charge in [-0.3, -0.25) is 0 Å². The maximum absolute atomic E-state index is 4.94. The third kappa shape index (κ3) is 3.17. The van der Waals surface area contributed by atoms with Crippen LogP contribution in [0.2, 0.25) is 0 Å². The van der Waals surface area contributed by atoms with Crippen molar-refractivity contribution in [2.45, 2.75) is 11.8 Å². The van der Waals surface area contributed by atoms with Crippen molar-refractivity contribution in [1.82, 2.24) is 9.97 Å². The molecule has 0 amide bonds. The summed E-state index contributed by atoms with van der Waals surface area (Å²) in [4.78, 5) is 15.9. The van der Waals surface area contributed by atoms with Crippen LogP contribution in [-0.4, -0.2) is 42.4 Å². The molecule has 3 heterocycles. The van der Waals surface area contributed by atoms with Crippen molar-refractivity contribution in [2.24, 2.45) is 0 Å². The van der Waals surface area contributed by atoms with Gasteiger partial charge in [0.1, 0.15) is 0 Å². The number of rotatable bonds is 3. The Hall–Kier alpha value is -1.83. The number of piperazine rings is 1. The molecule has 0 radical (unpaired) electrons. The lowest BCUT2D eigenvalue weighted by Gasteiger charge is -2.34. The van der Waals surface area contributed by atoms with Gasteiger partial charge < -0.3 is 9.80 Å². The summed E-state index contributed by atoms with van der Waals surface area (Å²) >= 11 is 5.38. The van der Waals surface area contributed by atoms with Crippen LogP contribution >= 0.6 is 34.4 Å². The van der Waals surface area contributed by atoms with Crippen LogP contribution in [0.1, 0.15) is 5.56 Å². The van der Waals surface area contributed by atoms with Gasteiger partial charge in [0.25, 0.3) is 0 Å². The molecular formula is C20H20N4S3. The predicted octanol–water partition coefficient (Wildman–Crippen LogP) is 5.26. The summed E-state index contributed by atoms with van der Waals surface area (Å²) in [5.74, 6) is 0. The van der Waals surface area contributed by atoms with Crippen molar-refractivity contribution < 1.29 is 0 Å². The van der Waals surface area contributed by atoms with Crippen LogP contribution in [0.25, 0.3) is 20.4 Å². The van der Waals surface area contributed by atoms with Gasteiger partial charge in [-0.05, 0) is 43.0 Å². The Morgan fingerprint density at radius 1 is 0.889 bits per heavy atom. The topological polar surface area (TPSA) is 32.3 Å². The molecule has 2 aromatic carbocycles. The monoisotopic (exact) mass is 412 g/mol. The van der Waals surface area contributed by atoms with Crippen LogP contribution in [-0.2, 0) is 0 Å². The van der Waals surface area contributed by atoms with Crippen molar-refractivity contribution in [2.75, 3.05) is 42.2 Å². The normalized spacial score (nSPS) is 15.2. The number of fused-ring (bicyclic) bond motifs is 2. The lowest BCUT2D eigenvalue weighted by molar-refractivity contribution is 0.651. The fraction of sp³-hybridized carbons (Fsp3) is 0.300. The summed E-state index contributed by atoms with van der Waals surface area (Å²) in [6, 6.07) is 13.0. The Balaban J connectivity index is 1.35. The average molecular weight is 413 g/mol. The first kappa shape index (κ1) is 17.3. The summed E-state index contributed by atoms with van der Waals surface area (Å²) in [7, 11) is 0. The van der Waals surface area contributed by atoms with Crippen molar-refractivity contribution in [3.63, 3.8) is 0 Å². The number of nitrogens with zero attached hydrogens (tertiary/aromatic N) is 4. The minimum atomic E-state index is 0.989. The van der Waals surface area contributed by atoms with Crippen molar-refractivity contribution in [3.05, 3.63) is 42.0 Å². The molecule has 0 unspecified atom stereocenters. The van der Waals surface area contributed by atoms with E-state index >= 15 is 0 Å². The molecule has 0 saturated carbocycles. The Bertz CT molecular complexity index is 1110. The van der Waals surface area contributed by atoms with E-state index in [2.05, 4.69) is 59.4 Å². The molecule has 1 fully saturated rings. The highest BCUT2D eigenvalue weighted by Gasteiger charge is 2.22. The summed E-state index contributed by atoms with van der Waals surface area (Å²) in [5, 5.41) is 2.29. The van der Waals surface area contributed by atoms with Crippen LogP contribution in [0, 0.1) is 6.92 Å². The summed E-state index contributed by atoms with van der Waals surface area (Å²) in [5.41, 5.74) is 3.55. The van der Waals surface area contributed by atoms with Gasteiger partial charge in [0.2, 0.25) is 0 Å². The molecule has 4 nitrogen and oxygen atoms in total. The number of aryl methyl sites for hydroxylation is 1. The zero-order chi connectivity index (χ0) is 18.4. The van der Waals surface area contributed by atoms with Gasteiger partial charge in [0.05, 0.1) is 20.4 Å². The van der Waals surface area contributed by atoms with Gasteiger partial charge in [-0.1, -0.05) is 34.8 Å². The zero-order valence-corrected chi connectivity index (χ0v) is 17.8. The molecule has 138 valence electrons. The van der Waals surface area contributed by atoms with Crippen LogP contribution in [0.5, 0.6) is 0 Å². The Kier molecular flexibility index (Phi) is 4.46. The number of hydrogen-bond donors (Lipinski definition) is 0. The van der Waals surface area contributed by atoms with E-state index in [1.165, 1.54) is 19.9 Å². The number of thioether (sulfide) groups is 1. The number of benzene rings is 2. The highest BCUT2D eigenvalue weighted by molar-refractivity contribution is 7.98. The van der Waals surface area contributed by atoms with E-state index in [0.29, 0.717) is 0 Å². The van der Waals surface area contributed by atoms with E-state index in [0.717, 1.165) is 47.5 Å². The molecule has 1 aliphatic heterocycles. The maximum atomic E-state index is 4.94. The highest BCUT2D eigenvalue weighted by Crippen LogP contribution is 2.35. The molecule has 0 spiro atoms. The molecular weight excluding hydrogens is 392 g/mol. The first-order valence-corrected chi connectivity index (χ1v) is 11.9. The van der Waals surface area contributed by atoms with Gasteiger partial charge in [-0.25, -0.2) is 9.97 Å². The quantitative estimate of drug-likeness (QED) is 0.428. The third-order valence-electron chi connectivity index (χ3n) is 4.94. The average Bonchev–Trinajstić information content (AvgIpc) is 3.31. The number of hydrogen-bond acceptors (Lipinski definition) is 7. The summed E-state index contributed by atoms with van der Waals surface area (Å²) in [6.45, 7) is 6.10. The second-order valence-electron chi connectivity index (χ2n) is 6.75. The summed E-state index contributed by atoms with van der Waals surface area (Å²) < 4.78 is 2.56. The molecule has 2 aromatic heterocycles. The molecule has 4 aromatic rings. The number of aromatic nitrogens is 2. The Morgan fingerprint density at radius 3 is 2.33 bits per heavy atom. The molecule has 1 saturated heterocycles. The molecule has 1 aliphatic rings. The van der Waals surface area contributed by atoms with Gasteiger partial charge in [-0.2, -0.15) is 0 Å². The van der Waals surface area contributed by atoms with E-state index in [1.807, 2.05) is 0 Å². The van der Waals surface area contributed by atoms with Crippen LogP contribution in [0.4, 0.5) is 10.3 Å². The minimum Gasteiger partial charge on any atom is -0.345 e. The van der Waals surface area contributed by atoms with Gasteiger partial charge in [0.15, 0.2) is 10.3 Å². The standard InChI is InChI=1S/C20H20N4S3/c1-13-6-7-14-17(12-13)27-19(21-14)23-8-10-24(11-9-23)20-22-18-15(25-2)4-3-5-16(18)26-20/h3-7,12H,8-11H2,1-2H3. The molecule has 0 atom stereocenters. The van der Waals surface area contributed by atoms with Gasteiger partial charge >= 0.3 is 0 Å². The SMILES string of the molecule is CSc1cccc2sc(N3CCN(c4nc5ccc(C)cc5s4)CC3)nc12. The smallest absolute Gasteiger partial charge is 0.186 e. The predicted molar refractivity (Wildman–Crippen MR) is 120 cm³/mol. The molecule has 0 aliphatic carbocycles. The van der Waals surface area contributed by atoms with Crippen molar-refractivity contribution in [1.29, 1.82) is 0 Å². The number of para-hydroxylation sites is 1. The lowest BCUT2D eigenvalue weighted by atomic mass is 10.2. The molecule has 7 heteroatoms. The number of anilines is 2. The lowest BCUT2D eigenvalue weighted by Crippen LogP contribution is -2.46. The van der Waals surface area contributed by atoms with E-state index < -0.39 is 0 Å². The van der Waals surface area contributed by atoms with E-state index in [4.69, 9.17) is 9.97 Å². The van der Waals surface area contributed by atoms with Crippen LogP contribution in [0.15, 0.2) is 41.3 Å². The minimum absolute atomic E-state index is 0.989. The number of thiazole rings is 2. The van der Waals surface area contributed by atoms with E-state index in [1.54, 1.807) is 34.4 Å². The summed E-state index contributed by atoms with van der Waals surface area (Å²) in [6.07, 6.45) is 2.12. The van der Waals surface area contributed by atoms with E-state index in [9.17, 15) is 0 Å². The van der Waals surface area contributed by atoms with Crippen LogP contribution in [0.3, 0.4) is 0 Å². The maximum Gasteiger partial charge on any atom is 0.186 e. The molecule has 0 N–H and O–H groups in total. The zero-order valence-electron chi connectivity index (χ0n) is 15.3. The first-order chi connectivity index (χ1) is 13.2. The fourth-order valence-electron chi connectivity index (χ4n) is 3.46. The van der Waals surface area contributed by atoms with Gasteiger partial charge in [-0.15, -0.1) is 11.8 Å². The molecule has 5 rings (SSSR count). The molecule has 27 heavy (non-hydrogen) atoms. The van der Waals surface area contributed by atoms with E-state index in [-0.39, 0.29) is 0 Å². The highest BCUT2D eigenvalue weighted by atomic mass is 32.2. The third-order valence-corrected chi connectivity index (χ3v) is 7.87. The van der Waals surface area contributed by atoms with Gasteiger partial charge in [0, 0.05) is 31.1 Å². The Morgan fingerprint density at radius 2 is 1.59 bits per heavy atom. The fourth-order valence-corrected chi connectivity index (χ4v) is 6.24. The Labute approximate surface area is 170 Å². The van der Waals surface area contributed by atoms with Crippen molar-refractivity contribution >= 4 is 65.1 Å². The molecule has 0 bridgehead atoms. The van der Waals surface area contributed by atoms with Crippen molar-refractivity contribution in [3.8, 4) is 0 Å². The van der Waals surface area contributed by atoms with Crippen LogP contribution < -0.4 is 9.80 Å². The first-order valence-electron chi connectivity index (χ1n) is 9.02. The second kappa shape index (κ2) is 6.96.